The zero-order valence-electron chi connectivity index (χ0n) is 14.3. The largest absolute Gasteiger partial charge is 0.467 e. The molecule has 1 fully saturated rings. The maximum absolute atomic E-state index is 13.0. The Morgan fingerprint density at radius 1 is 1.41 bits per heavy atom. The first-order valence-corrected chi connectivity index (χ1v) is 9.02. The van der Waals surface area contributed by atoms with E-state index >= 15 is 0 Å². The van der Waals surface area contributed by atoms with Crippen LogP contribution in [0.3, 0.4) is 0 Å². The Balaban J connectivity index is 1.70. The highest BCUT2D eigenvalue weighted by molar-refractivity contribution is 7.08. The van der Waals surface area contributed by atoms with Crippen molar-refractivity contribution < 1.29 is 24.0 Å². The molecule has 1 aromatic heterocycles. The number of hydrogen-bond acceptors (Lipinski definition) is 7. The molecule has 2 aromatic rings. The number of urea groups is 1. The maximum atomic E-state index is 13.0. The third-order valence-corrected chi connectivity index (χ3v) is 5.37. The summed E-state index contributed by atoms with van der Waals surface area (Å²) in [6.45, 7) is 1.68. The molecule has 1 unspecified atom stereocenters. The van der Waals surface area contributed by atoms with Crippen molar-refractivity contribution in [3.05, 3.63) is 55.8 Å². The van der Waals surface area contributed by atoms with Crippen molar-refractivity contribution in [2.24, 2.45) is 0 Å². The topological polar surface area (TPSA) is 111 Å². The third-order valence-electron chi connectivity index (χ3n) is 4.68. The van der Waals surface area contributed by atoms with Crippen molar-refractivity contribution >= 4 is 29.0 Å². The lowest BCUT2D eigenvalue weighted by molar-refractivity contribution is -0.385. The average Bonchev–Trinajstić information content (AvgIpc) is 3.26. The van der Waals surface area contributed by atoms with Crippen LogP contribution in [-0.2, 0) is 28.2 Å². The molecule has 0 aliphatic carbocycles. The van der Waals surface area contributed by atoms with Crippen LogP contribution in [0.4, 0.5) is 10.5 Å². The van der Waals surface area contributed by atoms with Crippen molar-refractivity contribution in [2.75, 3.05) is 6.79 Å². The molecule has 0 radical (unpaired) electrons. The standard InChI is InChI=1S/C17H15N3O6S/c1-17(12-2-3-27-8-12)15(21)19(16(22)18-17)6-10-4-13(20(23)24)5-11-7-25-9-26-14(10)11/h2-5,8H,6-7,9H2,1H3,(H,18,22). The monoisotopic (exact) mass is 389 g/mol. The Labute approximate surface area is 157 Å². The molecular formula is C17H15N3O6S. The predicted octanol–water partition coefficient (Wildman–Crippen LogP) is 2.49. The highest BCUT2D eigenvalue weighted by Gasteiger charge is 2.49. The maximum Gasteiger partial charge on any atom is 0.325 e. The average molecular weight is 389 g/mol. The Morgan fingerprint density at radius 3 is 2.93 bits per heavy atom. The number of nitrogens with zero attached hydrogens (tertiary/aromatic N) is 2. The molecule has 1 atom stereocenters. The minimum absolute atomic E-state index is 0.00454. The first-order chi connectivity index (χ1) is 12.9. The Morgan fingerprint density at radius 2 is 2.22 bits per heavy atom. The number of ether oxygens (including phenoxy) is 2. The summed E-state index contributed by atoms with van der Waals surface area (Å²) >= 11 is 1.43. The van der Waals surface area contributed by atoms with E-state index in [1.165, 1.54) is 23.5 Å². The van der Waals surface area contributed by atoms with Crippen LogP contribution in [0.15, 0.2) is 29.0 Å². The highest BCUT2D eigenvalue weighted by atomic mass is 32.1. The summed E-state index contributed by atoms with van der Waals surface area (Å²) < 4.78 is 10.7. The molecule has 0 spiro atoms. The van der Waals surface area contributed by atoms with Gasteiger partial charge < -0.3 is 14.8 Å². The number of hydrogen-bond donors (Lipinski definition) is 1. The molecule has 1 N–H and O–H groups in total. The van der Waals surface area contributed by atoms with Gasteiger partial charge in [0.1, 0.15) is 11.3 Å². The number of imide groups is 1. The van der Waals surface area contributed by atoms with Crippen molar-refractivity contribution in [3.8, 4) is 5.75 Å². The summed E-state index contributed by atoms with van der Waals surface area (Å²) in [5.41, 5.74) is 0.283. The molecule has 9 nitrogen and oxygen atoms in total. The Kier molecular flexibility index (Phi) is 4.08. The second-order valence-corrected chi connectivity index (χ2v) is 7.20. The van der Waals surface area contributed by atoms with Crippen LogP contribution in [0.25, 0.3) is 0 Å². The summed E-state index contributed by atoms with van der Waals surface area (Å²) in [4.78, 5) is 37.2. The number of nitro benzene ring substituents is 1. The van der Waals surface area contributed by atoms with Crippen LogP contribution in [0.2, 0.25) is 0 Å². The van der Waals surface area contributed by atoms with Crippen LogP contribution >= 0.6 is 11.3 Å². The lowest BCUT2D eigenvalue weighted by Gasteiger charge is -2.23. The zero-order chi connectivity index (χ0) is 19.2. The van der Waals surface area contributed by atoms with Gasteiger partial charge in [-0.05, 0) is 29.3 Å². The van der Waals surface area contributed by atoms with Gasteiger partial charge in [-0.25, -0.2) is 4.79 Å². The molecule has 27 heavy (non-hydrogen) atoms. The van der Waals surface area contributed by atoms with E-state index in [1.54, 1.807) is 18.4 Å². The van der Waals surface area contributed by atoms with Gasteiger partial charge in [-0.1, -0.05) is 0 Å². The van der Waals surface area contributed by atoms with E-state index in [1.807, 2.05) is 5.38 Å². The number of carbonyl (C=O) groups is 2. The van der Waals surface area contributed by atoms with E-state index in [2.05, 4.69) is 5.32 Å². The van der Waals surface area contributed by atoms with E-state index in [0.29, 0.717) is 22.4 Å². The van der Waals surface area contributed by atoms with Gasteiger partial charge in [0.2, 0.25) is 0 Å². The van der Waals surface area contributed by atoms with Crippen LogP contribution in [0, 0.1) is 10.1 Å². The molecule has 2 aliphatic heterocycles. The van der Waals surface area contributed by atoms with E-state index < -0.39 is 22.4 Å². The van der Waals surface area contributed by atoms with Gasteiger partial charge in [-0.3, -0.25) is 19.8 Å². The summed E-state index contributed by atoms with van der Waals surface area (Å²) in [6.07, 6.45) is 0. The second-order valence-electron chi connectivity index (χ2n) is 6.42. The fraction of sp³-hybridized carbons (Fsp3) is 0.294. The number of non-ortho nitro benzene ring substituents is 1. The summed E-state index contributed by atoms with van der Waals surface area (Å²) in [5, 5.41) is 17.6. The van der Waals surface area contributed by atoms with Gasteiger partial charge in [0.15, 0.2) is 6.79 Å². The van der Waals surface area contributed by atoms with Gasteiger partial charge in [-0.2, -0.15) is 11.3 Å². The number of amides is 3. The van der Waals surface area contributed by atoms with E-state index in [4.69, 9.17) is 9.47 Å². The molecule has 1 aromatic carbocycles. The fourth-order valence-corrected chi connectivity index (χ4v) is 4.02. The molecule has 140 valence electrons. The summed E-state index contributed by atoms with van der Waals surface area (Å²) in [6, 6.07) is 3.92. The minimum atomic E-state index is -1.16. The van der Waals surface area contributed by atoms with Crippen LogP contribution in [0.1, 0.15) is 23.6 Å². The number of fused-ring (bicyclic) bond motifs is 1. The minimum Gasteiger partial charge on any atom is -0.467 e. The summed E-state index contributed by atoms with van der Waals surface area (Å²) in [5.74, 6) is -0.00481. The summed E-state index contributed by atoms with van der Waals surface area (Å²) in [7, 11) is 0. The zero-order valence-corrected chi connectivity index (χ0v) is 15.1. The first-order valence-electron chi connectivity index (χ1n) is 8.07. The Bertz CT molecular complexity index is 944. The van der Waals surface area contributed by atoms with Crippen LogP contribution in [-0.4, -0.2) is 28.6 Å². The van der Waals surface area contributed by atoms with E-state index in [-0.39, 0.29) is 25.6 Å². The first kappa shape index (κ1) is 17.4. The van der Waals surface area contributed by atoms with Gasteiger partial charge in [0.25, 0.3) is 11.6 Å². The SMILES string of the molecule is CC1(c2ccsc2)NC(=O)N(Cc2cc([N+](=O)[O-])cc3c2OCOC3)C1=O. The molecule has 10 heteroatoms. The highest BCUT2D eigenvalue weighted by Crippen LogP contribution is 2.36. The van der Waals surface area contributed by atoms with Crippen LogP contribution in [0.5, 0.6) is 5.75 Å². The molecule has 3 heterocycles. The molecule has 0 bridgehead atoms. The number of rotatable bonds is 4. The second kappa shape index (κ2) is 6.32. The van der Waals surface area contributed by atoms with Gasteiger partial charge in [0, 0.05) is 23.3 Å². The van der Waals surface area contributed by atoms with E-state index in [9.17, 15) is 19.7 Å². The van der Waals surface area contributed by atoms with Crippen LogP contribution < -0.4 is 10.1 Å². The number of nitro groups is 1. The number of nitrogens with one attached hydrogen (secondary N) is 1. The number of benzene rings is 1. The molecular weight excluding hydrogens is 374 g/mol. The van der Waals surface area contributed by atoms with Crippen molar-refractivity contribution in [3.63, 3.8) is 0 Å². The lowest BCUT2D eigenvalue weighted by Crippen LogP contribution is -2.40. The Hall–Kier alpha value is -2.98. The van der Waals surface area contributed by atoms with Gasteiger partial charge in [0.05, 0.1) is 18.1 Å². The number of thiophene rings is 1. The van der Waals surface area contributed by atoms with Crippen molar-refractivity contribution in [2.45, 2.75) is 25.6 Å². The lowest BCUT2D eigenvalue weighted by atomic mass is 9.95. The predicted molar refractivity (Wildman–Crippen MR) is 94.1 cm³/mol. The quantitative estimate of drug-likeness (QED) is 0.489. The van der Waals surface area contributed by atoms with Crippen molar-refractivity contribution in [1.82, 2.24) is 10.2 Å². The molecule has 0 saturated carbocycles. The number of carbonyl (C=O) groups excluding carboxylic acids is 2. The molecule has 4 rings (SSSR count). The van der Waals surface area contributed by atoms with E-state index in [0.717, 1.165) is 4.90 Å². The third kappa shape index (κ3) is 2.82. The normalized spacial score (nSPS) is 21.6. The van der Waals surface area contributed by atoms with Crippen molar-refractivity contribution in [1.29, 1.82) is 0 Å². The van der Waals surface area contributed by atoms with Gasteiger partial charge in [-0.15, -0.1) is 0 Å². The molecule has 3 amide bonds. The molecule has 1 saturated heterocycles. The van der Waals surface area contributed by atoms with Gasteiger partial charge >= 0.3 is 6.03 Å². The smallest absolute Gasteiger partial charge is 0.325 e. The fourth-order valence-electron chi connectivity index (χ4n) is 3.26. The molecule has 2 aliphatic rings.